The van der Waals surface area contributed by atoms with Crippen LogP contribution in [0.1, 0.15) is 106 Å². The highest BCUT2D eigenvalue weighted by Crippen LogP contribution is 2.51. The van der Waals surface area contributed by atoms with Crippen LogP contribution in [-0.2, 0) is 28.3 Å². The van der Waals surface area contributed by atoms with Gasteiger partial charge in [-0.3, -0.25) is 14.4 Å². The highest BCUT2D eigenvalue weighted by Gasteiger charge is 2.50. The number of carboxylic acids is 1. The Labute approximate surface area is 237 Å². The zero-order valence-corrected chi connectivity index (χ0v) is 26.9. The van der Waals surface area contributed by atoms with Crippen molar-refractivity contribution in [2.24, 2.45) is 35.0 Å². The summed E-state index contributed by atoms with van der Waals surface area (Å²) >= 11 is 0. The van der Waals surface area contributed by atoms with Crippen LogP contribution < -0.4 is 0 Å². The van der Waals surface area contributed by atoms with Crippen molar-refractivity contribution < 1.29 is 33.4 Å². The number of carboxylic acid groups (broad SMARTS) is 1. The van der Waals surface area contributed by atoms with Crippen molar-refractivity contribution in [3.05, 3.63) is 0 Å². The summed E-state index contributed by atoms with van der Waals surface area (Å²) in [7, 11) is -2.00. The summed E-state index contributed by atoms with van der Waals surface area (Å²) < 4.78 is 18.6. The Bertz CT molecular complexity index is 892. The average molecular weight is 567 g/mol. The topological polar surface area (TPSA) is 99.1 Å². The zero-order chi connectivity index (χ0) is 29.3. The van der Waals surface area contributed by atoms with Gasteiger partial charge < -0.3 is 19.0 Å². The third kappa shape index (κ3) is 7.66. The van der Waals surface area contributed by atoms with E-state index in [2.05, 4.69) is 40.8 Å². The first-order chi connectivity index (χ1) is 17.9. The van der Waals surface area contributed by atoms with Gasteiger partial charge in [-0.25, -0.2) is 0 Å². The molecule has 0 unspecified atom stereocenters. The molecule has 1 saturated heterocycles. The first kappa shape index (κ1) is 32.1. The van der Waals surface area contributed by atoms with E-state index in [1.165, 1.54) is 0 Å². The van der Waals surface area contributed by atoms with E-state index in [0.717, 1.165) is 32.1 Å². The number of cyclic esters (lactones) is 1. The molecule has 3 aliphatic rings. The highest BCUT2D eigenvalue weighted by molar-refractivity contribution is 6.74. The Balaban J connectivity index is 1.75. The minimum Gasteiger partial charge on any atom is -0.481 e. The molecule has 1 heterocycles. The molecule has 2 saturated carbocycles. The quantitative estimate of drug-likeness (QED) is 0.237. The summed E-state index contributed by atoms with van der Waals surface area (Å²) in [5, 5.41) is 9.93. The molecule has 0 aromatic heterocycles. The molecule has 0 spiro atoms. The van der Waals surface area contributed by atoms with Crippen LogP contribution in [-0.4, -0.2) is 49.6 Å². The number of hydrogen-bond acceptors (Lipinski definition) is 6. The van der Waals surface area contributed by atoms with Crippen LogP contribution in [0.4, 0.5) is 0 Å². The molecule has 3 rings (SSSR count). The number of rotatable bonds is 9. The lowest BCUT2D eigenvalue weighted by Gasteiger charge is -2.50. The lowest BCUT2D eigenvalue weighted by atomic mass is 9.57. The fraction of sp³-hybridized carbons (Fsp3) is 0.903. The maximum absolute atomic E-state index is 13.1. The third-order valence-electron chi connectivity index (χ3n) is 10.6. The largest absolute Gasteiger partial charge is 0.481 e. The minimum atomic E-state index is -2.00. The number of carbonyl (C=O) groups is 3. The van der Waals surface area contributed by atoms with Crippen molar-refractivity contribution in [2.45, 2.75) is 143 Å². The van der Waals surface area contributed by atoms with Gasteiger partial charge in [-0.15, -0.1) is 0 Å². The first-order valence-corrected chi connectivity index (χ1v) is 18.2. The van der Waals surface area contributed by atoms with Crippen molar-refractivity contribution >= 4 is 26.2 Å². The third-order valence-corrected chi connectivity index (χ3v) is 15.2. The summed E-state index contributed by atoms with van der Waals surface area (Å²) in [6, 6.07) is 0. The normalized spacial score (nSPS) is 34.1. The molecule has 7 nitrogen and oxygen atoms in total. The van der Waals surface area contributed by atoms with Crippen molar-refractivity contribution in [1.29, 1.82) is 0 Å². The molecule has 8 atom stereocenters. The molecule has 1 aliphatic heterocycles. The van der Waals surface area contributed by atoms with E-state index in [1.54, 1.807) is 0 Å². The Morgan fingerprint density at radius 2 is 1.72 bits per heavy atom. The maximum Gasteiger partial charge on any atom is 0.311 e. The van der Waals surface area contributed by atoms with E-state index in [1.807, 2.05) is 20.8 Å². The summed E-state index contributed by atoms with van der Waals surface area (Å²) in [6.07, 6.45) is 5.70. The number of fused-ring (bicyclic) bond motifs is 1. The standard InChI is InChI=1S/C31H54O7Si/c1-10-31(6,7)29(35)37-25-16-21(28(33)34)15-20-12-11-19(2)24(27(20)25)14-13-22-17-23(18-26(32)36-22)38-39(8,9)30(3,4)5/h19-25,27H,10-18H2,1-9H3,(H,33,34)/t19-,20-,21-,22+,23+,24-,25-,27-/m0/s1. The van der Waals surface area contributed by atoms with Gasteiger partial charge in [0.15, 0.2) is 8.32 Å². The average Bonchev–Trinajstić information content (AvgIpc) is 2.81. The van der Waals surface area contributed by atoms with Gasteiger partial charge >= 0.3 is 17.9 Å². The molecule has 0 amide bonds. The fourth-order valence-corrected chi connectivity index (χ4v) is 8.06. The predicted octanol–water partition coefficient (Wildman–Crippen LogP) is 6.98. The van der Waals surface area contributed by atoms with E-state index >= 15 is 0 Å². The van der Waals surface area contributed by atoms with Gasteiger partial charge in [-0.2, -0.15) is 0 Å². The fourth-order valence-electron chi connectivity index (χ4n) is 6.70. The lowest BCUT2D eigenvalue weighted by Crippen LogP contribution is -2.50. The number of ether oxygens (including phenoxy) is 2. The van der Waals surface area contributed by atoms with Crippen LogP contribution in [0.3, 0.4) is 0 Å². The van der Waals surface area contributed by atoms with Crippen LogP contribution in [0.2, 0.25) is 18.1 Å². The molecule has 3 fully saturated rings. The molecule has 8 heteroatoms. The van der Waals surface area contributed by atoms with Crippen molar-refractivity contribution in [1.82, 2.24) is 0 Å². The maximum atomic E-state index is 13.1. The Hall–Kier alpha value is -1.41. The summed E-state index contributed by atoms with van der Waals surface area (Å²) in [5.41, 5.74) is -0.600. The Morgan fingerprint density at radius 1 is 1.05 bits per heavy atom. The van der Waals surface area contributed by atoms with E-state index in [4.69, 9.17) is 13.9 Å². The minimum absolute atomic E-state index is 0.0734. The number of esters is 2. The van der Waals surface area contributed by atoms with Gasteiger partial charge in [0.1, 0.15) is 12.2 Å². The number of carbonyl (C=O) groups excluding carboxylic acids is 2. The Morgan fingerprint density at radius 3 is 2.31 bits per heavy atom. The van der Waals surface area contributed by atoms with Crippen LogP contribution in [0.5, 0.6) is 0 Å². The van der Waals surface area contributed by atoms with Crippen LogP contribution in [0.25, 0.3) is 0 Å². The van der Waals surface area contributed by atoms with Crippen LogP contribution >= 0.6 is 0 Å². The van der Waals surface area contributed by atoms with Gasteiger partial charge in [-0.1, -0.05) is 41.0 Å². The van der Waals surface area contributed by atoms with Crippen molar-refractivity contribution in [3.63, 3.8) is 0 Å². The van der Waals surface area contributed by atoms with Crippen molar-refractivity contribution in [2.75, 3.05) is 0 Å². The van der Waals surface area contributed by atoms with Gasteiger partial charge in [0.05, 0.1) is 23.9 Å². The van der Waals surface area contributed by atoms with Gasteiger partial charge in [-0.05, 0) is 88.3 Å². The first-order valence-electron chi connectivity index (χ1n) is 15.3. The molecule has 0 bridgehead atoms. The second-order valence-corrected chi connectivity index (χ2v) is 19.6. The molecule has 39 heavy (non-hydrogen) atoms. The second kappa shape index (κ2) is 12.2. The molecular weight excluding hydrogens is 512 g/mol. The van der Waals surface area contributed by atoms with E-state index in [9.17, 15) is 19.5 Å². The molecule has 0 aromatic rings. The molecule has 2 aliphatic carbocycles. The molecular formula is C31H54O7Si. The number of aliphatic carboxylic acids is 1. The van der Waals surface area contributed by atoms with Gasteiger partial charge in [0.25, 0.3) is 0 Å². The monoisotopic (exact) mass is 566 g/mol. The molecule has 224 valence electrons. The van der Waals surface area contributed by atoms with Gasteiger partial charge in [0, 0.05) is 12.3 Å². The van der Waals surface area contributed by atoms with Crippen molar-refractivity contribution in [3.8, 4) is 0 Å². The summed E-state index contributed by atoms with van der Waals surface area (Å²) in [4.78, 5) is 37.7. The van der Waals surface area contributed by atoms with Crippen LogP contribution in [0.15, 0.2) is 0 Å². The molecule has 0 aromatic carbocycles. The summed E-state index contributed by atoms with van der Waals surface area (Å²) in [5.74, 6) is -0.583. The lowest BCUT2D eigenvalue weighted by molar-refractivity contribution is -0.177. The number of hydrogen-bond donors (Lipinski definition) is 1. The van der Waals surface area contributed by atoms with E-state index in [0.29, 0.717) is 37.5 Å². The zero-order valence-electron chi connectivity index (χ0n) is 25.9. The Kier molecular flexibility index (Phi) is 10.1. The molecule has 1 N–H and O–H groups in total. The van der Waals surface area contributed by atoms with E-state index < -0.39 is 25.6 Å². The smallest absolute Gasteiger partial charge is 0.311 e. The van der Waals surface area contributed by atoms with E-state index in [-0.39, 0.29) is 47.1 Å². The molecule has 0 radical (unpaired) electrons. The second-order valence-electron chi connectivity index (χ2n) is 14.9. The van der Waals surface area contributed by atoms with Gasteiger partial charge in [0.2, 0.25) is 0 Å². The predicted molar refractivity (Wildman–Crippen MR) is 154 cm³/mol. The summed E-state index contributed by atoms with van der Waals surface area (Å²) in [6.45, 7) is 19.1. The van der Waals surface area contributed by atoms with Crippen LogP contribution in [0, 0.1) is 35.0 Å². The SMILES string of the molecule is CCC(C)(C)C(=O)O[C@H]1C[C@@H](C(=O)O)C[C@@H]2CC[C@H](C)[C@H](CC[C@@H]3C[C@@H](O[Si](C)(C)C(C)(C)C)CC(=O)O3)[C@H]21. The highest BCUT2D eigenvalue weighted by atomic mass is 28.4.